The molecule has 5 heteroatoms. The number of hydrogen-bond donors (Lipinski definition) is 0. The predicted octanol–water partition coefficient (Wildman–Crippen LogP) is 4.09. The first kappa shape index (κ1) is 19.0. The highest BCUT2D eigenvalue weighted by atomic mass is 16.6. The van der Waals surface area contributed by atoms with Crippen LogP contribution in [0.1, 0.15) is 25.3 Å². The minimum absolute atomic E-state index is 0.0547. The van der Waals surface area contributed by atoms with Gasteiger partial charge >= 0.3 is 6.09 Å². The summed E-state index contributed by atoms with van der Waals surface area (Å²) in [7, 11) is 0. The van der Waals surface area contributed by atoms with Crippen LogP contribution in [0.15, 0.2) is 60.7 Å². The number of anilines is 1. The molecule has 1 heterocycles. The van der Waals surface area contributed by atoms with Crippen molar-refractivity contribution in [3.8, 4) is 0 Å². The molecule has 2 amide bonds. The fraction of sp³-hybridized carbons (Fsp3) is 0.364. The van der Waals surface area contributed by atoms with Crippen LogP contribution >= 0.6 is 0 Å². The van der Waals surface area contributed by atoms with E-state index >= 15 is 0 Å². The molecular weight excluding hydrogens is 340 g/mol. The topological polar surface area (TPSA) is 49.9 Å². The van der Waals surface area contributed by atoms with Gasteiger partial charge in [-0.1, -0.05) is 48.5 Å². The molecule has 0 radical (unpaired) electrons. The van der Waals surface area contributed by atoms with Crippen LogP contribution in [0.5, 0.6) is 0 Å². The number of hydrogen-bond acceptors (Lipinski definition) is 3. The van der Waals surface area contributed by atoms with Crippen molar-refractivity contribution in [3.05, 3.63) is 66.2 Å². The smallest absolute Gasteiger partial charge is 0.409 e. The Morgan fingerprint density at radius 1 is 1.07 bits per heavy atom. The largest absolute Gasteiger partial charge is 0.450 e. The summed E-state index contributed by atoms with van der Waals surface area (Å²) < 4.78 is 5.11. The number of nitrogens with zero attached hydrogens (tertiary/aromatic N) is 2. The zero-order valence-corrected chi connectivity index (χ0v) is 15.7. The van der Waals surface area contributed by atoms with E-state index in [1.54, 1.807) is 11.8 Å². The zero-order chi connectivity index (χ0) is 19.1. The molecule has 1 unspecified atom stereocenters. The molecule has 2 aromatic carbocycles. The Labute approximate surface area is 160 Å². The summed E-state index contributed by atoms with van der Waals surface area (Å²) >= 11 is 0. The Balaban J connectivity index is 1.79. The van der Waals surface area contributed by atoms with Gasteiger partial charge in [0.15, 0.2) is 0 Å². The molecule has 0 bridgehead atoms. The summed E-state index contributed by atoms with van der Waals surface area (Å²) in [4.78, 5) is 28.9. The first-order chi connectivity index (χ1) is 13.2. The van der Waals surface area contributed by atoms with Gasteiger partial charge < -0.3 is 14.5 Å². The van der Waals surface area contributed by atoms with Crippen molar-refractivity contribution < 1.29 is 14.3 Å². The lowest BCUT2D eigenvalue weighted by Crippen LogP contribution is -2.47. The fourth-order valence-corrected chi connectivity index (χ4v) is 3.45. The molecule has 1 atom stereocenters. The van der Waals surface area contributed by atoms with Gasteiger partial charge in [-0.3, -0.25) is 4.79 Å². The normalized spacial score (nSPS) is 16.6. The van der Waals surface area contributed by atoms with E-state index in [4.69, 9.17) is 4.74 Å². The number of amides is 2. The van der Waals surface area contributed by atoms with E-state index in [9.17, 15) is 9.59 Å². The summed E-state index contributed by atoms with van der Waals surface area (Å²) in [6, 6.07) is 19.7. The average Bonchev–Trinajstić information content (AvgIpc) is 2.73. The van der Waals surface area contributed by atoms with E-state index in [1.807, 2.05) is 65.6 Å². The SMILES string of the molecule is CCOC(=O)N1CCCC(C(=O)N(Cc2ccccc2)c2ccccc2)C1. The number of carbonyl (C=O) groups excluding carboxylic acids is 2. The van der Waals surface area contributed by atoms with E-state index in [1.165, 1.54) is 0 Å². The van der Waals surface area contributed by atoms with Crippen LogP contribution in [0.3, 0.4) is 0 Å². The van der Waals surface area contributed by atoms with E-state index in [2.05, 4.69) is 0 Å². The summed E-state index contributed by atoms with van der Waals surface area (Å²) in [5.74, 6) is -0.161. The first-order valence-electron chi connectivity index (χ1n) is 9.51. The second kappa shape index (κ2) is 9.21. The summed E-state index contributed by atoms with van der Waals surface area (Å²) in [6.45, 7) is 3.71. The third kappa shape index (κ3) is 4.88. The third-order valence-corrected chi connectivity index (χ3v) is 4.81. The molecule has 1 aliphatic rings. The van der Waals surface area contributed by atoms with Gasteiger partial charge in [-0.2, -0.15) is 0 Å². The highest BCUT2D eigenvalue weighted by Gasteiger charge is 2.32. The molecule has 27 heavy (non-hydrogen) atoms. The van der Waals surface area contributed by atoms with E-state index in [0.29, 0.717) is 26.2 Å². The maximum atomic E-state index is 13.4. The molecule has 0 spiro atoms. The molecule has 1 fully saturated rings. The van der Waals surface area contributed by atoms with Gasteiger partial charge in [0.1, 0.15) is 0 Å². The van der Waals surface area contributed by atoms with Crippen LogP contribution in [-0.4, -0.2) is 36.6 Å². The maximum Gasteiger partial charge on any atom is 0.409 e. The predicted molar refractivity (Wildman–Crippen MR) is 105 cm³/mol. The molecule has 0 aromatic heterocycles. The van der Waals surface area contributed by atoms with Gasteiger partial charge in [-0.15, -0.1) is 0 Å². The molecule has 3 rings (SSSR count). The Morgan fingerprint density at radius 3 is 2.41 bits per heavy atom. The van der Waals surface area contributed by atoms with Gasteiger partial charge in [-0.05, 0) is 37.5 Å². The molecule has 0 saturated carbocycles. The van der Waals surface area contributed by atoms with Crippen LogP contribution in [0.2, 0.25) is 0 Å². The second-order valence-corrected chi connectivity index (χ2v) is 6.73. The number of carbonyl (C=O) groups is 2. The Morgan fingerprint density at radius 2 is 1.74 bits per heavy atom. The molecule has 0 N–H and O–H groups in total. The van der Waals surface area contributed by atoms with Crippen molar-refractivity contribution in [3.63, 3.8) is 0 Å². The fourth-order valence-electron chi connectivity index (χ4n) is 3.45. The molecule has 1 saturated heterocycles. The highest BCUT2D eigenvalue weighted by Crippen LogP contribution is 2.25. The lowest BCUT2D eigenvalue weighted by Gasteiger charge is -2.34. The Bertz CT molecular complexity index is 749. The quantitative estimate of drug-likeness (QED) is 0.801. The lowest BCUT2D eigenvalue weighted by atomic mass is 9.96. The van der Waals surface area contributed by atoms with Crippen LogP contribution in [-0.2, 0) is 16.1 Å². The van der Waals surface area contributed by atoms with E-state index in [-0.39, 0.29) is 17.9 Å². The van der Waals surface area contributed by atoms with E-state index in [0.717, 1.165) is 24.1 Å². The van der Waals surface area contributed by atoms with Crippen molar-refractivity contribution in [2.24, 2.45) is 5.92 Å². The number of rotatable bonds is 5. The Hall–Kier alpha value is -2.82. The molecule has 0 aliphatic carbocycles. The van der Waals surface area contributed by atoms with Crippen molar-refractivity contribution in [1.82, 2.24) is 4.90 Å². The number of piperidine rings is 1. The molecule has 142 valence electrons. The van der Waals surface area contributed by atoms with Crippen molar-refractivity contribution in [1.29, 1.82) is 0 Å². The Kier molecular flexibility index (Phi) is 6.47. The number of para-hydroxylation sites is 1. The lowest BCUT2D eigenvalue weighted by molar-refractivity contribution is -0.123. The summed E-state index contributed by atoms with van der Waals surface area (Å²) in [5.41, 5.74) is 1.95. The zero-order valence-electron chi connectivity index (χ0n) is 15.7. The maximum absolute atomic E-state index is 13.4. The summed E-state index contributed by atoms with van der Waals surface area (Å²) in [5, 5.41) is 0. The van der Waals surface area contributed by atoms with Gasteiger partial charge in [0.25, 0.3) is 0 Å². The van der Waals surface area contributed by atoms with Crippen LogP contribution in [0.25, 0.3) is 0 Å². The standard InChI is InChI=1S/C22H26N2O3/c1-2-27-22(26)23-15-9-12-19(17-23)21(25)24(20-13-7-4-8-14-20)16-18-10-5-3-6-11-18/h3-8,10-11,13-14,19H,2,9,12,15-17H2,1H3. The molecule has 2 aromatic rings. The van der Waals surface area contributed by atoms with E-state index < -0.39 is 0 Å². The van der Waals surface area contributed by atoms with Crippen molar-refractivity contribution in [2.45, 2.75) is 26.3 Å². The van der Waals surface area contributed by atoms with Crippen LogP contribution in [0.4, 0.5) is 10.5 Å². The summed E-state index contributed by atoms with van der Waals surface area (Å²) in [6.07, 6.45) is 1.26. The number of benzene rings is 2. The second-order valence-electron chi connectivity index (χ2n) is 6.73. The number of ether oxygens (including phenoxy) is 1. The highest BCUT2D eigenvalue weighted by molar-refractivity contribution is 5.95. The van der Waals surface area contributed by atoms with Gasteiger partial charge in [-0.25, -0.2) is 4.79 Å². The van der Waals surface area contributed by atoms with Crippen molar-refractivity contribution >= 4 is 17.7 Å². The van der Waals surface area contributed by atoms with Gasteiger partial charge in [0, 0.05) is 18.8 Å². The first-order valence-corrected chi connectivity index (χ1v) is 9.51. The van der Waals surface area contributed by atoms with Gasteiger partial charge in [0.2, 0.25) is 5.91 Å². The van der Waals surface area contributed by atoms with Crippen LogP contribution < -0.4 is 4.90 Å². The van der Waals surface area contributed by atoms with Crippen molar-refractivity contribution in [2.75, 3.05) is 24.6 Å². The van der Waals surface area contributed by atoms with Gasteiger partial charge in [0.05, 0.1) is 19.1 Å². The number of likely N-dealkylation sites (tertiary alicyclic amines) is 1. The average molecular weight is 366 g/mol. The molecule has 5 nitrogen and oxygen atoms in total. The monoisotopic (exact) mass is 366 g/mol. The minimum atomic E-state index is -0.329. The molecule has 1 aliphatic heterocycles. The minimum Gasteiger partial charge on any atom is -0.450 e. The molecular formula is C22H26N2O3. The third-order valence-electron chi connectivity index (χ3n) is 4.81. The van der Waals surface area contributed by atoms with Crippen LogP contribution in [0, 0.1) is 5.92 Å².